The monoisotopic (exact) mass is 467 g/mol. The summed E-state index contributed by atoms with van der Waals surface area (Å²) in [5, 5.41) is 5.89. The van der Waals surface area contributed by atoms with Gasteiger partial charge in [0.1, 0.15) is 18.7 Å². The van der Waals surface area contributed by atoms with E-state index in [9.17, 15) is 19.2 Å². The minimum Gasteiger partial charge on any atom is -0.367 e. The number of ether oxygens (including phenoxy) is 1. The number of hydrogen-bond donors (Lipinski definition) is 2. The number of anilines is 1. The molecule has 2 saturated carbocycles. The summed E-state index contributed by atoms with van der Waals surface area (Å²) in [6, 6.07) is 5.49. The Morgan fingerprint density at radius 1 is 1.12 bits per heavy atom. The van der Waals surface area contributed by atoms with Crippen molar-refractivity contribution in [2.75, 3.05) is 18.5 Å². The fraction of sp³-hybridized carbons (Fsp3) is 0.615. The molecule has 4 atom stereocenters. The molecule has 3 amide bonds. The van der Waals surface area contributed by atoms with Crippen molar-refractivity contribution in [1.82, 2.24) is 10.2 Å². The smallest absolute Gasteiger partial charge is 0.251 e. The van der Waals surface area contributed by atoms with Crippen LogP contribution >= 0.6 is 0 Å². The molecule has 2 N–H and O–H groups in total. The second kappa shape index (κ2) is 8.80. The Morgan fingerprint density at radius 2 is 1.79 bits per heavy atom. The maximum atomic E-state index is 13.8. The number of fused-ring (bicyclic) bond motifs is 1. The number of amides is 3. The molecule has 0 aromatic heterocycles. The molecule has 2 heterocycles. The zero-order chi connectivity index (χ0) is 24.0. The zero-order valence-electron chi connectivity index (χ0n) is 19.8. The fourth-order valence-electron chi connectivity index (χ4n) is 5.80. The summed E-state index contributed by atoms with van der Waals surface area (Å²) in [7, 11) is 0. The second-order valence-corrected chi connectivity index (χ2v) is 10.8. The van der Waals surface area contributed by atoms with Gasteiger partial charge in [-0.25, -0.2) is 0 Å². The molecule has 8 nitrogen and oxygen atoms in total. The molecular formula is C26H33N3O5. The maximum Gasteiger partial charge on any atom is 0.251 e. The van der Waals surface area contributed by atoms with E-state index < -0.39 is 12.1 Å². The molecule has 4 aliphatic rings. The van der Waals surface area contributed by atoms with Gasteiger partial charge in [-0.2, -0.15) is 0 Å². The molecular weight excluding hydrogens is 434 g/mol. The Kier molecular flexibility index (Phi) is 5.96. The first kappa shape index (κ1) is 23.0. The average Bonchev–Trinajstić information content (AvgIpc) is 3.35. The van der Waals surface area contributed by atoms with E-state index in [4.69, 9.17) is 4.74 Å². The summed E-state index contributed by atoms with van der Waals surface area (Å²) < 4.78 is 5.66. The van der Waals surface area contributed by atoms with Crippen LogP contribution in [0.5, 0.6) is 0 Å². The zero-order valence-corrected chi connectivity index (χ0v) is 19.8. The minimum atomic E-state index is -0.712. The molecule has 34 heavy (non-hydrogen) atoms. The number of likely N-dealkylation sites (tertiary alicyclic amines) is 1. The van der Waals surface area contributed by atoms with Crippen LogP contribution in [0.1, 0.15) is 62.7 Å². The van der Waals surface area contributed by atoms with E-state index in [2.05, 4.69) is 17.6 Å². The number of nitrogens with one attached hydrogen (secondary N) is 2. The highest BCUT2D eigenvalue weighted by molar-refractivity contribution is 6.00. The topological polar surface area (TPSA) is 105 Å². The van der Waals surface area contributed by atoms with Crippen LogP contribution in [0.25, 0.3) is 0 Å². The van der Waals surface area contributed by atoms with Crippen molar-refractivity contribution in [3.8, 4) is 0 Å². The summed E-state index contributed by atoms with van der Waals surface area (Å²) in [5.74, 6) is -0.388. The van der Waals surface area contributed by atoms with E-state index in [1.807, 2.05) is 6.92 Å². The molecule has 0 spiro atoms. The van der Waals surface area contributed by atoms with Crippen LogP contribution in [-0.4, -0.2) is 59.7 Å². The third-order valence-electron chi connectivity index (χ3n) is 8.05. The summed E-state index contributed by atoms with van der Waals surface area (Å²) in [6.45, 7) is 4.56. The van der Waals surface area contributed by atoms with Gasteiger partial charge in [0.2, 0.25) is 11.8 Å². The van der Waals surface area contributed by atoms with Gasteiger partial charge in [0.05, 0.1) is 6.10 Å². The number of benzene rings is 1. The molecule has 0 bridgehead atoms. The normalized spacial score (nSPS) is 28.5. The third kappa shape index (κ3) is 4.24. The lowest BCUT2D eigenvalue weighted by Crippen LogP contribution is -2.57. The molecule has 0 radical (unpaired) electrons. The standard InChI is InChI=1S/C26H33N3O5/c1-15-13-29(20-19(30)14-34-21(15)20)25(33)22(26(2)11-3-4-12-26)28-24(32)17-7-9-18(10-8-17)27-23(31)16-5-6-16/h7-10,15-16,20-22H,3-6,11-14H2,1-2H3,(H,27,31)(H,28,32)/t15-,20+,21+,22+/m0/s1. The predicted molar refractivity (Wildman–Crippen MR) is 125 cm³/mol. The highest BCUT2D eigenvalue weighted by Crippen LogP contribution is 2.42. The Labute approximate surface area is 199 Å². The molecule has 5 rings (SSSR count). The van der Waals surface area contributed by atoms with Gasteiger partial charge in [-0.1, -0.05) is 26.7 Å². The van der Waals surface area contributed by atoms with Gasteiger partial charge >= 0.3 is 0 Å². The Bertz CT molecular complexity index is 996. The van der Waals surface area contributed by atoms with Crippen molar-refractivity contribution >= 4 is 29.2 Å². The largest absolute Gasteiger partial charge is 0.367 e. The number of hydrogen-bond acceptors (Lipinski definition) is 5. The second-order valence-electron chi connectivity index (χ2n) is 10.8. The quantitative estimate of drug-likeness (QED) is 0.669. The van der Waals surface area contributed by atoms with E-state index in [0.717, 1.165) is 38.5 Å². The van der Waals surface area contributed by atoms with Gasteiger partial charge in [0, 0.05) is 29.6 Å². The number of ketones is 1. The molecule has 182 valence electrons. The van der Waals surface area contributed by atoms with Crippen LogP contribution in [0.2, 0.25) is 0 Å². The van der Waals surface area contributed by atoms with Gasteiger partial charge < -0.3 is 20.3 Å². The fourth-order valence-corrected chi connectivity index (χ4v) is 5.80. The Hall–Kier alpha value is -2.74. The lowest BCUT2D eigenvalue weighted by atomic mass is 9.79. The third-order valence-corrected chi connectivity index (χ3v) is 8.05. The first-order chi connectivity index (χ1) is 16.3. The lowest BCUT2D eigenvalue weighted by molar-refractivity contribution is -0.140. The minimum absolute atomic E-state index is 0.0144. The first-order valence-electron chi connectivity index (χ1n) is 12.4. The first-order valence-corrected chi connectivity index (χ1v) is 12.4. The van der Waals surface area contributed by atoms with E-state index in [-0.39, 0.29) is 53.5 Å². The van der Waals surface area contributed by atoms with E-state index in [0.29, 0.717) is 17.8 Å². The van der Waals surface area contributed by atoms with Crippen LogP contribution in [0, 0.1) is 17.3 Å². The summed E-state index contributed by atoms with van der Waals surface area (Å²) in [4.78, 5) is 53.2. The van der Waals surface area contributed by atoms with E-state index >= 15 is 0 Å². The van der Waals surface area contributed by atoms with Crippen LogP contribution in [0.3, 0.4) is 0 Å². The molecule has 1 aromatic carbocycles. The van der Waals surface area contributed by atoms with Crippen molar-refractivity contribution in [3.63, 3.8) is 0 Å². The van der Waals surface area contributed by atoms with Crippen molar-refractivity contribution in [2.45, 2.75) is 70.6 Å². The maximum absolute atomic E-state index is 13.8. The van der Waals surface area contributed by atoms with Crippen molar-refractivity contribution in [3.05, 3.63) is 29.8 Å². The van der Waals surface area contributed by atoms with Gasteiger partial charge in [-0.15, -0.1) is 0 Å². The average molecular weight is 468 g/mol. The highest BCUT2D eigenvalue weighted by atomic mass is 16.5. The van der Waals surface area contributed by atoms with Gasteiger partial charge in [0.25, 0.3) is 5.91 Å². The van der Waals surface area contributed by atoms with Gasteiger partial charge in [-0.3, -0.25) is 19.2 Å². The SMILES string of the molecule is C[C@H]1CN(C(=O)[C@@H](NC(=O)c2ccc(NC(=O)C3CC3)cc2)C2(C)CCCC2)[C@@H]2C(=O)CO[C@@H]21. The molecule has 2 aliphatic heterocycles. The molecule has 0 unspecified atom stereocenters. The predicted octanol–water partition coefficient (Wildman–Crippen LogP) is 2.53. The van der Waals surface area contributed by atoms with Crippen molar-refractivity contribution < 1.29 is 23.9 Å². The Balaban J connectivity index is 1.33. The lowest BCUT2D eigenvalue weighted by Gasteiger charge is -2.37. The molecule has 1 aromatic rings. The van der Waals surface area contributed by atoms with Crippen LogP contribution < -0.4 is 10.6 Å². The molecule has 2 aliphatic carbocycles. The number of rotatable bonds is 6. The number of Topliss-reactive ketones (excluding diaryl/α,β-unsaturated/α-hetero) is 1. The van der Waals surface area contributed by atoms with Crippen molar-refractivity contribution in [2.24, 2.45) is 17.3 Å². The van der Waals surface area contributed by atoms with Crippen LogP contribution in [0.4, 0.5) is 5.69 Å². The van der Waals surface area contributed by atoms with Crippen molar-refractivity contribution in [1.29, 1.82) is 0 Å². The number of nitrogens with zero attached hydrogens (tertiary/aromatic N) is 1. The van der Waals surface area contributed by atoms with E-state index in [1.54, 1.807) is 29.2 Å². The van der Waals surface area contributed by atoms with Gasteiger partial charge in [-0.05, 0) is 55.4 Å². The molecule has 8 heteroatoms. The van der Waals surface area contributed by atoms with Gasteiger partial charge in [0.15, 0.2) is 5.78 Å². The highest BCUT2D eigenvalue weighted by Gasteiger charge is 2.54. The summed E-state index contributed by atoms with van der Waals surface area (Å²) in [6.07, 6.45) is 5.30. The van der Waals surface area contributed by atoms with E-state index in [1.165, 1.54) is 0 Å². The molecule has 2 saturated heterocycles. The number of carbonyl (C=O) groups is 4. The number of carbonyl (C=O) groups excluding carboxylic acids is 4. The Morgan fingerprint density at radius 3 is 2.44 bits per heavy atom. The van der Waals surface area contributed by atoms with Crippen LogP contribution in [-0.2, 0) is 19.1 Å². The molecule has 4 fully saturated rings. The summed E-state index contributed by atoms with van der Waals surface area (Å²) >= 11 is 0. The van der Waals surface area contributed by atoms with Crippen LogP contribution in [0.15, 0.2) is 24.3 Å². The summed E-state index contributed by atoms with van der Waals surface area (Å²) in [5.41, 5.74) is 0.715.